The highest BCUT2D eigenvalue weighted by Crippen LogP contribution is 2.32. The van der Waals surface area contributed by atoms with Gasteiger partial charge < -0.3 is 10.8 Å². The van der Waals surface area contributed by atoms with Crippen molar-refractivity contribution in [3.63, 3.8) is 0 Å². The van der Waals surface area contributed by atoms with Gasteiger partial charge in [-0.05, 0) is 38.0 Å². The molecule has 2 aromatic heterocycles. The van der Waals surface area contributed by atoms with E-state index in [0.29, 0.717) is 15.8 Å². The maximum atomic E-state index is 13.3. The lowest BCUT2D eigenvalue weighted by Crippen LogP contribution is -2.14. The average molecular weight is 441 g/mol. The number of carboxylic acid groups (broad SMARTS) is 1. The zero-order valence-electron chi connectivity index (χ0n) is 17.5. The van der Waals surface area contributed by atoms with E-state index in [-0.39, 0.29) is 11.3 Å². The smallest absolute Gasteiger partial charge is 0.433 e. The lowest BCUT2D eigenvalue weighted by atomic mass is 10.1. The van der Waals surface area contributed by atoms with Crippen LogP contribution in [0.5, 0.6) is 0 Å². The summed E-state index contributed by atoms with van der Waals surface area (Å²) in [7, 11) is 0. The fourth-order valence-electron chi connectivity index (χ4n) is 2.89. The number of aromatic nitrogens is 3. The summed E-state index contributed by atoms with van der Waals surface area (Å²) in [5.41, 5.74) is 10.1. The topological polar surface area (TPSA) is 91.3 Å². The lowest BCUT2D eigenvalue weighted by Gasteiger charge is -2.11. The Labute approximate surface area is 182 Å². The van der Waals surface area contributed by atoms with Crippen LogP contribution in [0.4, 0.5) is 18.9 Å². The highest BCUT2D eigenvalue weighted by Gasteiger charge is 2.35. The molecule has 0 bridgehead atoms. The van der Waals surface area contributed by atoms with Gasteiger partial charge in [0.2, 0.25) is 0 Å². The van der Waals surface area contributed by atoms with Crippen LogP contribution in [0.2, 0.25) is 0 Å². The van der Waals surface area contributed by atoms with Gasteiger partial charge in [-0.3, -0.25) is 0 Å². The molecule has 0 atom stereocenters. The van der Waals surface area contributed by atoms with E-state index in [1.54, 1.807) is 24.3 Å². The first kappa shape index (κ1) is 22.8. The van der Waals surface area contributed by atoms with Crippen LogP contribution in [0.15, 0.2) is 54.6 Å². The number of halogens is 3. The molecule has 0 fully saturated rings. The van der Waals surface area contributed by atoms with Gasteiger partial charge in [0.05, 0.1) is 5.69 Å². The number of benzene rings is 2. The second-order valence-electron chi connectivity index (χ2n) is 7.29. The molecule has 2 heterocycles. The number of carboxylic acids is 1. The van der Waals surface area contributed by atoms with Gasteiger partial charge in [-0.1, -0.05) is 48.0 Å². The molecule has 0 saturated heterocycles. The predicted octanol–water partition coefficient (Wildman–Crippen LogP) is 6.41. The first-order valence-electron chi connectivity index (χ1n) is 9.53. The molecule has 4 aromatic rings. The minimum absolute atomic E-state index is 0.0988. The molecule has 32 heavy (non-hydrogen) atoms. The third-order valence-corrected chi connectivity index (χ3v) is 4.79. The van der Waals surface area contributed by atoms with Crippen LogP contribution in [0.3, 0.4) is 0 Å². The summed E-state index contributed by atoms with van der Waals surface area (Å²) in [4.78, 5) is 15.0. The van der Waals surface area contributed by atoms with E-state index in [1.807, 2.05) is 32.0 Å². The van der Waals surface area contributed by atoms with E-state index >= 15 is 0 Å². The monoisotopic (exact) mass is 441 g/mol. The van der Waals surface area contributed by atoms with Crippen LogP contribution in [0.25, 0.3) is 22.6 Å². The van der Waals surface area contributed by atoms with Crippen molar-refractivity contribution >= 4 is 17.3 Å². The summed E-state index contributed by atoms with van der Waals surface area (Å²) in [6.07, 6.45) is -4.69. The molecule has 0 saturated carbocycles. The van der Waals surface area contributed by atoms with Crippen molar-refractivity contribution in [2.24, 2.45) is 0 Å². The number of fused-ring (bicyclic) bond motifs is 1. The number of rotatable bonds is 2. The fraction of sp³-hybridized carbons (Fsp3) is 0.174. The zero-order chi connectivity index (χ0) is 23.6. The molecule has 2 N–H and O–H groups in total. The fourth-order valence-corrected chi connectivity index (χ4v) is 2.89. The Morgan fingerprint density at radius 2 is 1.62 bits per heavy atom. The molecular formula is C23H20F3N4O2-. The Morgan fingerprint density at radius 1 is 0.969 bits per heavy atom. The van der Waals surface area contributed by atoms with Crippen LogP contribution >= 0.6 is 0 Å². The van der Waals surface area contributed by atoms with E-state index in [9.17, 15) is 18.0 Å². The molecule has 0 aliphatic carbocycles. The maximum absolute atomic E-state index is 13.3. The number of aromatic carboxylic acids is 1. The van der Waals surface area contributed by atoms with Crippen molar-refractivity contribution in [1.82, 2.24) is 14.6 Å². The molecular weight excluding hydrogens is 421 g/mol. The number of alkyl halides is 3. The number of hydrogen-bond donors (Lipinski definition) is 1. The van der Waals surface area contributed by atoms with Crippen molar-refractivity contribution in [1.29, 1.82) is 0 Å². The van der Waals surface area contributed by atoms with E-state index in [4.69, 9.17) is 10.8 Å². The van der Waals surface area contributed by atoms with Crippen LogP contribution in [-0.2, 0) is 6.18 Å². The molecule has 0 spiro atoms. The standard InChI is InChI=1S/C15H10F3N3O2.C8H10N/c1-8-2-4-9(5-3-8)10-6-12(15(16,17)18)21-13(19-10)7-11(20-21)14(22)23;1-6-3-4-8(9)5-7(6)2/h2-7H,1H3,(H,22,23);3-5,9H,1-2H3/q;-1. The zero-order valence-corrected chi connectivity index (χ0v) is 17.5. The molecule has 0 radical (unpaired) electrons. The molecule has 0 aliphatic rings. The molecule has 2 aromatic carbocycles. The summed E-state index contributed by atoms with van der Waals surface area (Å²) in [5, 5.41) is 12.4. The number of aryl methyl sites for hydroxylation is 3. The summed E-state index contributed by atoms with van der Waals surface area (Å²) in [6.45, 7) is 5.93. The quantitative estimate of drug-likeness (QED) is 0.389. The minimum Gasteiger partial charge on any atom is -0.699 e. The van der Waals surface area contributed by atoms with Crippen LogP contribution < -0.4 is 0 Å². The number of hydrogen-bond acceptors (Lipinski definition) is 3. The van der Waals surface area contributed by atoms with Gasteiger partial charge in [0.25, 0.3) is 0 Å². The van der Waals surface area contributed by atoms with Crippen molar-refractivity contribution in [3.8, 4) is 11.3 Å². The Bertz CT molecular complexity index is 1280. The van der Waals surface area contributed by atoms with Crippen LogP contribution in [-0.4, -0.2) is 25.7 Å². The Morgan fingerprint density at radius 3 is 2.16 bits per heavy atom. The van der Waals surface area contributed by atoms with Gasteiger partial charge >= 0.3 is 12.1 Å². The van der Waals surface area contributed by atoms with E-state index in [1.165, 1.54) is 11.1 Å². The van der Waals surface area contributed by atoms with Gasteiger partial charge in [-0.2, -0.15) is 18.3 Å². The summed E-state index contributed by atoms with van der Waals surface area (Å²) in [6, 6.07) is 14.3. The number of carbonyl (C=O) groups is 1. The molecule has 4 rings (SSSR count). The number of nitrogens with zero attached hydrogens (tertiary/aromatic N) is 3. The number of nitrogens with one attached hydrogen (secondary N) is 1. The van der Waals surface area contributed by atoms with Gasteiger partial charge in [0, 0.05) is 11.6 Å². The summed E-state index contributed by atoms with van der Waals surface area (Å²) < 4.78 is 40.3. The molecule has 0 aliphatic heterocycles. The first-order chi connectivity index (χ1) is 15.0. The Balaban J connectivity index is 0.000000269. The van der Waals surface area contributed by atoms with Gasteiger partial charge in [-0.25, -0.2) is 14.3 Å². The van der Waals surface area contributed by atoms with Crippen LogP contribution in [0.1, 0.15) is 32.9 Å². The van der Waals surface area contributed by atoms with Crippen molar-refractivity contribution in [2.45, 2.75) is 26.9 Å². The average Bonchev–Trinajstić information content (AvgIpc) is 3.15. The molecule has 6 nitrogen and oxygen atoms in total. The van der Waals surface area contributed by atoms with Crippen molar-refractivity contribution in [3.05, 3.63) is 88.4 Å². The third kappa shape index (κ3) is 5.05. The molecule has 0 amide bonds. The van der Waals surface area contributed by atoms with Gasteiger partial charge in [-0.15, -0.1) is 5.69 Å². The molecule has 9 heteroatoms. The maximum Gasteiger partial charge on any atom is 0.433 e. The Hall–Kier alpha value is -3.88. The van der Waals surface area contributed by atoms with E-state index in [0.717, 1.165) is 17.7 Å². The van der Waals surface area contributed by atoms with E-state index in [2.05, 4.69) is 17.0 Å². The minimum atomic E-state index is -4.69. The molecule has 166 valence electrons. The van der Waals surface area contributed by atoms with Gasteiger partial charge in [0.15, 0.2) is 17.0 Å². The van der Waals surface area contributed by atoms with Gasteiger partial charge in [0.1, 0.15) is 0 Å². The second kappa shape index (κ2) is 8.70. The van der Waals surface area contributed by atoms with Crippen molar-refractivity contribution < 1.29 is 23.1 Å². The molecule has 0 unspecified atom stereocenters. The largest absolute Gasteiger partial charge is 0.699 e. The Kier molecular flexibility index (Phi) is 6.20. The highest BCUT2D eigenvalue weighted by atomic mass is 19.4. The highest BCUT2D eigenvalue weighted by molar-refractivity contribution is 5.86. The van der Waals surface area contributed by atoms with Crippen LogP contribution in [0, 0.1) is 20.8 Å². The predicted molar refractivity (Wildman–Crippen MR) is 115 cm³/mol. The SMILES string of the molecule is Cc1ccc(-c2cc(C(F)(F)F)n3nc(C(=O)O)cc3n2)cc1.Cc1ccc([NH-])cc1C. The summed E-state index contributed by atoms with van der Waals surface area (Å²) >= 11 is 0. The normalized spacial score (nSPS) is 11.2. The van der Waals surface area contributed by atoms with Crippen molar-refractivity contribution in [2.75, 3.05) is 0 Å². The third-order valence-electron chi connectivity index (χ3n) is 4.79. The second-order valence-corrected chi connectivity index (χ2v) is 7.29. The summed E-state index contributed by atoms with van der Waals surface area (Å²) in [5.74, 6) is -1.42. The van der Waals surface area contributed by atoms with E-state index < -0.39 is 23.5 Å². The lowest BCUT2D eigenvalue weighted by molar-refractivity contribution is -0.142. The first-order valence-corrected chi connectivity index (χ1v) is 9.53.